The van der Waals surface area contributed by atoms with Crippen LogP contribution in [0.4, 0.5) is 0 Å². The van der Waals surface area contributed by atoms with Gasteiger partial charge in [0.15, 0.2) is 0 Å². The molecule has 1 unspecified atom stereocenters. The van der Waals surface area contributed by atoms with Crippen LogP contribution in [0.1, 0.15) is 35.9 Å². The number of carbonyl (C=O) groups excluding carboxylic acids is 1. The van der Waals surface area contributed by atoms with Crippen LogP contribution in [0, 0.1) is 25.2 Å². The third-order valence-electron chi connectivity index (χ3n) is 4.89. The number of ether oxygens (including phenoxy) is 1. The average Bonchev–Trinajstić information content (AvgIpc) is 3.01. The van der Waals surface area contributed by atoms with Gasteiger partial charge in [0.05, 0.1) is 16.9 Å². The molecule has 3 rings (SSSR count). The van der Waals surface area contributed by atoms with Crippen molar-refractivity contribution in [3.8, 4) is 6.07 Å². The van der Waals surface area contributed by atoms with E-state index < -0.39 is 21.4 Å². The van der Waals surface area contributed by atoms with Gasteiger partial charge < -0.3 is 4.74 Å². The summed E-state index contributed by atoms with van der Waals surface area (Å²) in [4.78, 5) is 12.5. The quantitative estimate of drug-likeness (QED) is 0.318. The molecular formula is C21H21ClN2O4S. The minimum atomic E-state index is -3.84. The Bertz CT molecular complexity index is 1140. The molecule has 0 spiro atoms. The first-order chi connectivity index (χ1) is 13.7. The Balaban J connectivity index is 2.24. The summed E-state index contributed by atoms with van der Waals surface area (Å²) < 4.78 is 32.9. The summed E-state index contributed by atoms with van der Waals surface area (Å²) in [6, 6.07) is 10.2. The number of fused-ring (bicyclic) bond motifs is 1. The van der Waals surface area contributed by atoms with Crippen molar-refractivity contribution in [3.63, 3.8) is 0 Å². The zero-order valence-electron chi connectivity index (χ0n) is 16.4. The Kier molecular flexibility index (Phi) is 5.87. The van der Waals surface area contributed by atoms with E-state index in [-0.39, 0.29) is 17.1 Å². The van der Waals surface area contributed by atoms with Crippen LogP contribution >= 0.6 is 11.6 Å². The van der Waals surface area contributed by atoms with E-state index in [4.69, 9.17) is 16.3 Å². The van der Waals surface area contributed by atoms with Gasteiger partial charge in [-0.1, -0.05) is 17.7 Å². The molecule has 0 radical (unpaired) electrons. The number of nitriles is 1. The number of nitrogens with zero attached hydrogens (tertiary/aromatic N) is 2. The van der Waals surface area contributed by atoms with Crippen LogP contribution in [0.2, 0.25) is 0 Å². The van der Waals surface area contributed by atoms with Crippen molar-refractivity contribution in [2.45, 2.75) is 43.9 Å². The summed E-state index contributed by atoms with van der Waals surface area (Å²) in [5, 5.41) is 8.98. The predicted molar refractivity (Wildman–Crippen MR) is 110 cm³/mol. The van der Waals surface area contributed by atoms with Gasteiger partial charge in [0.2, 0.25) is 0 Å². The molecule has 0 saturated carbocycles. The van der Waals surface area contributed by atoms with Crippen molar-refractivity contribution in [2.75, 3.05) is 6.61 Å². The van der Waals surface area contributed by atoms with E-state index >= 15 is 0 Å². The molecule has 1 aromatic carbocycles. The predicted octanol–water partition coefficient (Wildman–Crippen LogP) is 3.74. The average molecular weight is 433 g/mol. The van der Waals surface area contributed by atoms with Crippen molar-refractivity contribution in [2.24, 2.45) is 0 Å². The number of allylic oxidation sites excluding steroid dienone is 1. The second-order valence-electron chi connectivity index (χ2n) is 6.86. The molecule has 0 aliphatic heterocycles. The molecule has 1 aliphatic carbocycles. The lowest BCUT2D eigenvalue weighted by Crippen LogP contribution is -2.23. The summed E-state index contributed by atoms with van der Waals surface area (Å²) in [5.41, 5.74) is 2.62. The molecule has 29 heavy (non-hydrogen) atoms. The van der Waals surface area contributed by atoms with Crippen LogP contribution in [-0.4, -0.2) is 30.3 Å². The Morgan fingerprint density at radius 2 is 1.97 bits per heavy atom. The summed E-state index contributed by atoms with van der Waals surface area (Å²) in [5.74, 6) is -0.754. The van der Waals surface area contributed by atoms with Crippen LogP contribution < -0.4 is 0 Å². The minimum absolute atomic E-state index is 0.124. The fraction of sp³-hybridized carbons (Fsp3) is 0.333. The molecule has 2 aromatic rings. The Hall–Kier alpha value is -2.56. The largest absolute Gasteiger partial charge is 0.462 e. The van der Waals surface area contributed by atoms with Gasteiger partial charge in [-0.05, 0) is 51.8 Å². The van der Waals surface area contributed by atoms with Gasteiger partial charge in [0.25, 0.3) is 10.0 Å². The number of carbonyl (C=O) groups is 1. The first kappa shape index (κ1) is 21.2. The summed E-state index contributed by atoms with van der Waals surface area (Å²) >= 11 is 6.46. The lowest BCUT2D eigenvalue weighted by Gasteiger charge is -2.23. The summed E-state index contributed by atoms with van der Waals surface area (Å²) in [6.07, 6.45) is 0.814. The lowest BCUT2D eigenvalue weighted by atomic mass is 9.88. The molecule has 8 heteroatoms. The summed E-state index contributed by atoms with van der Waals surface area (Å²) in [7, 11) is -3.84. The van der Waals surface area contributed by atoms with Gasteiger partial charge in [-0.25, -0.2) is 17.2 Å². The van der Waals surface area contributed by atoms with E-state index in [0.717, 1.165) is 5.56 Å². The van der Waals surface area contributed by atoms with Crippen molar-refractivity contribution in [1.82, 2.24) is 3.97 Å². The second kappa shape index (κ2) is 8.05. The lowest BCUT2D eigenvalue weighted by molar-refractivity contribution is -0.137. The normalized spacial score (nSPS) is 18.0. The maximum Gasteiger partial charge on any atom is 0.349 e. The fourth-order valence-corrected chi connectivity index (χ4v) is 5.52. The van der Waals surface area contributed by atoms with E-state index in [9.17, 15) is 18.5 Å². The monoisotopic (exact) mass is 432 g/mol. The highest BCUT2D eigenvalue weighted by atomic mass is 35.5. The third-order valence-corrected chi connectivity index (χ3v) is 7.18. The number of rotatable bonds is 4. The van der Waals surface area contributed by atoms with E-state index in [1.807, 2.05) is 13.0 Å². The van der Waals surface area contributed by atoms with Gasteiger partial charge in [-0.2, -0.15) is 5.26 Å². The highest BCUT2D eigenvalue weighted by Crippen LogP contribution is 2.39. The maximum atomic E-state index is 13.3. The Labute approximate surface area is 175 Å². The van der Waals surface area contributed by atoms with Crippen molar-refractivity contribution in [3.05, 3.63) is 58.4 Å². The van der Waals surface area contributed by atoms with Crippen LogP contribution in [0.5, 0.6) is 0 Å². The SMILES string of the molecule is CCOC(=O)/C(C#N)=C1/c2cc(C)n(S(=O)(=O)c3ccc(C)cc3)c2CCC1Cl. The highest BCUT2D eigenvalue weighted by molar-refractivity contribution is 7.90. The molecule has 0 N–H and O–H groups in total. The maximum absolute atomic E-state index is 13.3. The van der Waals surface area contributed by atoms with Crippen LogP contribution in [-0.2, 0) is 26.0 Å². The van der Waals surface area contributed by atoms with E-state index in [1.54, 1.807) is 44.2 Å². The first-order valence-corrected chi connectivity index (χ1v) is 11.1. The number of esters is 1. The van der Waals surface area contributed by atoms with Gasteiger partial charge >= 0.3 is 5.97 Å². The molecule has 1 atom stereocenters. The molecule has 1 heterocycles. The first-order valence-electron chi connectivity index (χ1n) is 9.21. The molecule has 1 aromatic heterocycles. The van der Waals surface area contributed by atoms with Crippen LogP contribution in [0.25, 0.3) is 5.57 Å². The zero-order chi connectivity index (χ0) is 21.3. The van der Waals surface area contributed by atoms with E-state index in [0.29, 0.717) is 35.4 Å². The Morgan fingerprint density at radius 3 is 2.55 bits per heavy atom. The van der Waals surface area contributed by atoms with Gasteiger partial charge in [-0.15, -0.1) is 11.6 Å². The van der Waals surface area contributed by atoms with E-state index in [2.05, 4.69) is 0 Å². The molecule has 6 nitrogen and oxygen atoms in total. The number of hydrogen-bond acceptors (Lipinski definition) is 5. The van der Waals surface area contributed by atoms with Crippen molar-refractivity contribution >= 4 is 33.2 Å². The van der Waals surface area contributed by atoms with Gasteiger partial charge in [-0.3, -0.25) is 0 Å². The second-order valence-corrected chi connectivity index (χ2v) is 9.17. The standard InChI is InChI=1S/C21H21ClN2O4S/c1-4-28-21(25)17(12-23)20-16-11-14(3)24(19(16)10-9-18(20)22)29(26,27)15-7-5-13(2)6-8-15/h5-8,11,18H,4,9-10H2,1-3H3/b20-17-. The number of halogens is 1. The number of alkyl halides is 1. The molecule has 0 fully saturated rings. The van der Waals surface area contributed by atoms with Gasteiger partial charge in [0.1, 0.15) is 11.6 Å². The van der Waals surface area contributed by atoms with E-state index in [1.165, 1.54) is 3.97 Å². The number of hydrogen-bond donors (Lipinski definition) is 0. The number of aromatic nitrogens is 1. The van der Waals surface area contributed by atoms with Crippen LogP contribution in [0.15, 0.2) is 40.8 Å². The molecule has 0 amide bonds. The molecule has 0 saturated heterocycles. The van der Waals surface area contributed by atoms with Gasteiger partial charge in [0, 0.05) is 22.5 Å². The molecular weight excluding hydrogens is 412 g/mol. The molecule has 1 aliphatic rings. The van der Waals surface area contributed by atoms with Crippen LogP contribution in [0.3, 0.4) is 0 Å². The Morgan fingerprint density at radius 1 is 1.31 bits per heavy atom. The fourth-order valence-electron chi connectivity index (χ4n) is 3.58. The summed E-state index contributed by atoms with van der Waals surface area (Å²) in [6.45, 7) is 5.34. The number of aryl methyl sites for hydroxylation is 2. The smallest absolute Gasteiger partial charge is 0.349 e. The minimum Gasteiger partial charge on any atom is -0.462 e. The molecule has 0 bridgehead atoms. The van der Waals surface area contributed by atoms with Crippen molar-refractivity contribution in [1.29, 1.82) is 5.26 Å². The zero-order valence-corrected chi connectivity index (χ0v) is 18.0. The third kappa shape index (κ3) is 3.70. The molecule has 152 valence electrons. The number of benzene rings is 1. The topological polar surface area (TPSA) is 89.2 Å². The van der Waals surface area contributed by atoms with Crippen molar-refractivity contribution < 1.29 is 17.9 Å². The highest BCUT2D eigenvalue weighted by Gasteiger charge is 2.34.